The van der Waals surface area contributed by atoms with Crippen molar-refractivity contribution in [1.82, 2.24) is 5.32 Å². The average Bonchev–Trinajstić information content (AvgIpc) is 2.30. The zero-order chi connectivity index (χ0) is 12.8. The number of hydrogen-bond acceptors (Lipinski definition) is 2. The van der Waals surface area contributed by atoms with E-state index in [9.17, 15) is 8.78 Å². The molecule has 0 saturated carbocycles. The Labute approximate surface area is 108 Å². The molecular weight excluding hydrogens is 292 g/mol. The topological polar surface area (TPSA) is 21.3 Å². The highest BCUT2D eigenvalue weighted by Gasteiger charge is 2.15. The molecule has 0 aliphatic carbocycles. The molecule has 0 saturated heterocycles. The molecule has 0 fully saturated rings. The van der Waals surface area contributed by atoms with Gasteiger partial charge in [-0.05, 0) is 25.1 Å². The van der Waals surface area contributed by atoms with Gasteiger partial charge in [0.2, 0.25) is 5.82 Å². The van der Waals surface area contributed by atoms with Gasteiger partial charge in [-0.3, -0.25) is 0 Å². The van der Waals surface area contributed by atoms with E-state index in [-0.39, 0.29) is 11.9 Å². The van der Waals surface area contributed by atoms with Gasteiger partial charge in [0.05, 0.1) is 0 Å². The summed E-state index contributed by atoms with van der Waals surface area (Å²) >= 11 is 3.11. The van der Waals surface area contributed by atoms with Crippen molar-refractivity contribution >= 4 is 15.9 Å². The molecule has 0 aliphatic rings. The molecular formula is C12H16BrF2NO. The number of rotatable bonds is 6. The van der Waals surface area contributed by atoms with Gasteiger partial charge in [-0.25, -0.2) is 4.39 Å². The Balaban J connectivity index is 2.78. The first kappa shape index (κ1) is 14.4. The molecule has 0 heterocycles. The van der Waals surface area contributed by atoms with Crippen LogP contribution in [0.3, 0.4) is 0 Å². The van der Waals surface area contributed by atoms with Crippen LogP contribution in [0.25, 0.3) is 0 Å². The van der Waals surface area contributed by atoms with E-state index >= 15 is 0 Å². The lowest BCUT2D eigenvalue weighted by Crippen LogP contribution is -2.31. The Bertz CT molecular complexity index is 374. The lowest BCUT2D eigenvalue weighted by molar-refractivity contribution is 0.184. The molecule has 0 radical (unpaired) electrons. The zero-order valence-electron chi connectivity index (χ0n) is 9.90. The summed E-state index contributed by atoms with van der Waals surface area (Å²) < 4.78 is 32.5. The first-order valence-corrected chi connectivity index (χ1v) is 6.39. The van der Waals surface area contributed by atoms with Crippen LogP contribution in [0, 0.1) is 11.6 Å². The third-order valence-electron chi connectivity index (χ3n) is 2.33. The number of hydrogen-bond donors (Lipinski definition) is 1. The zero-order valence-corrected chi connectivity index (χ0v) is 11.5. The highest BCUT2D eigenvalue weighted by Crippen LogP contribution is 2.26. The monoisotopic (exact) mass is 307 g/mol. The summed E-state index contributed by atoms with van der Waals surface area (Å²) in [6.07, 6.45) is 0.554. The van der Waals surface area contributed by atoms with Crippen molar-refractivity contribution in [2.45, 2.75) is 26.4 Å². The molecule has 0 bridgehead atoms. The minimum atomic E-state index is -0.942. The van der Waals surface area contributed by atoms with Crippen LogP contribution in [0.5, 0.6) is 5.75 Å². The van der Waals surface area contributed by atoms with Crippen LogP contribution in [-0.2, 0) is 0 Å². The molecule has 1 atom stereocenters. The number of benzene rings is 1. The van der Waals surface area contributed by atoms with E-state index in [2.05, 4.69) is 21.2 Å². The number of nitrogens with one attached hydrogen (secondary N) is 1. The van der Waals surface area contributed by atoms with Gasteiger partial charge < -0.3 is 10.1 Å². The van der Waals surface area contributed by atoms with Gasteiger partial charge in [0.1, 0.15) is 6.10 Å². The predicted octanol–water partition coefficient (Wildman–Crippen LogP) is 3.49. The molecule has 1 rings (SSSR count). The van der Waals surface area contributed by atoms with Crippen LogP contribution in [0.15, 0.2) is 16.6 Å². The van der Waals surface area contributed by atoms with Crippen molar-refractivity contribution in [3.63, 3.8) is 0 Å². The number of ether oxygens (including phenoxy) is 1. The van der Waals surface area contributed by atoms with Crippen molar-refractivity contribution in [2.24, 2.45) is 0 Å². The van der Waals surface area contributed by atoms with Crippen molar-refractivity contribution in [2.75, 3.05) is 13.1 Å². The number of likely N-dealkylation sites (N-methyl/N-ethyl adjacent to an activating group) is 1. The molecule has 0 aromatic heterocycles. The second-order valence-corrected chi connectivity index (χ2v) is 4.57. The van der Waals surface area contributed by atoms with Crippen LogP contribution in [0.4, 0.5) is 8.78 Å². The van der Waals surface area contributed by atoms with Crippen molar-refractivity contribution in [3.05, 3.63) is 28.2 Å². The highest BCUT2D eigenvalue weighted by molar-refractivity contribution is 9.10. The molecule has 0 amide bonds. The molecule has 2 nitrogen and oxygen atoms in total. The summed E-state index contributed by atoms with van der Waals surface area (Å²) in [5, 5.41) is 3.12. The third kappa shape index (κ3) is 4.24. The van der Waals surface area contributed by atoms with Gasteiger partial charge in [-0.15, -0.1) is 0 Å². The van der Waals surface area contributed by atoms with E-state index < -0.39 is 11.6 Å². The van der Waals surface area contributed by atoms with Gasteiger partial charge >= 0.3 is 0 Å². The van der Waals surface area contributed by atoms with Crippen LogP contribution in [0.1, 0.15) is 20.3 Å². The van der Waals surface area contributed by atoms with Crippen molar-refractivity contribution < 1.29 is 13.5 Å². The van der Waals surface area contributed by atoms with Crippen molar-refractivity contribution in [3.8, 4) is 5.75 Å². The molecule has 1 aromatic rings. The Morgan fingerprint density at radius 2 is 2.06 bits per heavy atom. The fourth-order valence-electron chi connectivity index (χ4n) is 1.37. The summed E-state index contributed by atoms with van der Waals surface area (Å²) in [5.41, 5.74) is 0. The van der Waals surface area contributed by atoms with Gasteiger partial charge in [0.25, 0.3) is 0 Å². The first-order chi connectivity index (χ1) is 8.08. The first-order valence-electron chi connectivity index (χ1n) is 5.60. The van der Waals surface area contributed by atoms with E-state index in [1.165, 1.54) is 6.07 Å². The van der Waals surface area contributed by atoms with E-state index in [1.54, 1.807) is 0 Å². The molecule has 1 aromatic carbocycles. The Morgan fingerprint density at radius 3 is 2.65 bits per heavy atom. The van der Waals surface area contributed by atoms with Crippen LogP contribution in [-0.4, -0.2) is 19.2 Å². The maximum atomic E-state index is 13.5. The summed E-state index contributed by atoms with van der Waals surface area (Å²) in [4.78, 5) is 0. The molecule has 96 valence electrons. The van der Waals surface area contributed by atoms with Gasteiger partial charge in [-0.1, -0.05) is 29.8 Å². The Kier molecular flexibility index (Phi) is 5.85. The maximum Gasteiger partial charge on any atom is 0.200 e. The summed E-state index contributed by atoms with van der Waals surface area (Å²) in [7, 11) is 0. The maximum absolute atomic E-state index is 13.5. The van der Waals surface area contributed by atoms with Gasteiger partial charge in [-0.2, -0.15) is 4.39 Å². The van der Waals surface area contributed by atoms with Crippen LogP contribution >= 0.6 is 15.9 Å². The molecule has 1 N–H and O–H groups in total. The molecule has 5 heteroatoms. The van der Waals surface area contributed by atoms with Crippen LogP contribution in [0.2, 0.25) is 0 Å². The van der Waals surface area contributed by atoms with E-state index in [4.69, 9.17) is 4.74 Å². The molecule has 0 spiro atoms. The van der Waals surface area contributed by atoms with Crippen molar-refractivity contribution in [1.29, 1.82) is 0 Å². The standard InChI is InChI=1S/C12H16BrF2NO/c1-3-9(7-16-4-2)17-11-6-8(13)5-10(14)12(11)15/h5-6,9,16H,3-4,7H2,1-2H3. The number of halogens is 3. The summed E-state index contributed by atoms with van der Waals surface area (Å²) in [6.45, 7) is 5.34. The smallest absolute Gasteiger partial charge is 0.200 e. The molecule has 0 aliphatic heterocycles. The molecule has 1 unspecified atom stereocenters. The Hall–Kier alpha value is -0.680. The SMILES string of the molecule is CCNCC(CC)Oc1cc(Br)cc(F)c1F. The fraction of sp³-hybridized carbons (Fsp3) is 0.500. The predicted molar refractivity (Wildman–Crippen MR) is 67.3 cm³/mol. The fourth-order valence-corrected chi connectivity index (χ4v) is 1.78. The Morgan fingerprint density at radius 1 is 1.35 bits per heavy atom. The minimum absolute atomic E-state index is 0.0540. The quantitative estimate of drug-likeness (QED) is 0.812. The highest BCUT2D eigenvalue weighted by atomic mass is 79.9. The normalized spacial score (nSPS) is 12.5. The average molecular weight is 308 g/mol. The molecule has 17 heavy (non-hydrogen) atoms. The summed E-state index contributed by atoms with van der Waals surface area (Å²) in [6, 6.07) is 2.51. The lowest BCUT2D eigenvalue weighted by Gasteiger charge is -2.18. The van der Waals surface area contributed by atoms with E-state index in [1.807, 2.05) is 13.8 Å². The summed E-state index contributed by atoms with van der Waals surface area (Å²) in [5.74, 6) is -1.91. The van der Waals surface area contributed by atoms with Gasteiger partial charge in [0.15, 0.2) is 11.6 Å². The lowest BCUT2D eigenvalue weighted by atomic mass is 10.2. The minimum Gasteiger partial charge on any atom is -0.486 e. The van der Waals surface area contributed by atoms with E-state index in [0.717, 1.165) is 19.0 Å². The second-order valence-electron chi connectivity index (χ2n) is 3.66. The third-order valence-corrected chi connectivity index (χ3v) is 2.79. The van der Waals surface area contributed by atoms with E-state index in [0.29, 0.717) is 11.0 Å². The van der Waals surface area contributed by atoms with Gasteiger partial charge in [0, 0.05) is 11.0 Å². The largest absolute Gasteiger partial charge is 0.486 e. The second kappa shape index (κ2) is 6.91. The van der Waals surface area contributed by atoms with Crippen LogP contribution < -0.4 is 10.1 Å².